The first-order valence-corrected chi connectivity index (χ1v) is 4.89. The normalized spacial score (nSPS) is 30.0. The van der Waals surface area contributed by atoms with Crippen molar-refractivity contribution in [3.63, 3.8) is 0 Å². The molecule has 12 heavy (non-hydrogen) atoms. The summed E-state index contributed by atoms with van der Waals surface area (Å²) in [5, 5.41) is 0. The zero-order chi connectivity index (χ0) is 8.97. The molecule has 0 saturated carbocycles. The summed E-state index contributed by atoms with van der Waals surface area (Å²) in [5.74, 6) is 0. The summed E-state index contributed by atoms with van der Waals surface area (Å²) in [6, 6.07) is 0.560. The molecule has 1 fully saturated rings. The number of hydrogen-bond donors (Lipinski definition) is 1. The molecule has 0 aromatic heterocycles. The number of hydrogen-bond acceptors (Lipinski definition) is 3. The van der Waals surface area contributed by atoms with Crippen molar-refractivity contribution in [2.75, 3.05) is 26.2 Å². The summed E-state index contributed by atoms with van der Waals surface area (Å²) in [5.41, 5.74) is 5.62. The molecule has 3 heteroatoms. The third-order valence-electron chi connectivity index (χ3n) is 2.69. The van der Waals surface area contributed by atoms with Gasteiger partial charge in [-0.3, -0.25) is 4.90 Å². The van der Waals surface area contributed by atoms with Gasteiger partial charge in [0.1, 0.15) is 0 Å². The third kappa shape index (κ3) is 1.97. The minimum Gasteiger partial charge on any atom is -0.375 e. The molecule has 1 saturated heterocycles. The Morgan fingerprint density at radius 2 is 2.08 bits per heavy atom. The maximum atomic E-state index is 5.62. The highest BCUT2D eigenvalue weighted by atomic mass is 16.5. The first kappa shape index (κ1) is 9.96. The molecule has 1 heterocycles. The molecule has 1 aliphatic heterocycles. The second-order valence-electron chi connectivity index (χ2n) is 3.22. The molecule has 0 aliphatic carbocycles. The van der Waals surface area contributed by atoms with E-state index < -0.39 is 0 Å². The van der Waals surface area contributed by atoms with Crippen LogP contribution in [0.3, 0.4) is 0 Å². The van der Waals surface area contributed by atoms with Gasteiger partial charge in [0.05, 0.1) is 6.10 Å². The lowest BCUT2D eigenvalue weighted by Crippen LogP contribution is -2.43. The minimum atomic E-state index is 0.268. The van der Waals surface area contributed by atoms with Crippen molar-refractivity contribution < 1.29 is 4.74 Å². The fourth-order valence-electron chi connectivity index (χ4n) is 1.97. The quantitative estimate of drug-likeness (QED) is 0.669. The van der Waals surface area contributed by atoms with Gasteiger partial charge in [0.15, 0.2) is 0 Å². The van der Waals surface area contributed by atoms with Crippen LogP contribution in [0.5, 0.6) is 0 Å². The van der Waals surface area contributed by atoms with E-state index >= 15 is 0 Å². The van der Waals surface area contributed by atoms with Crippen LogP contribution in [0.25, 0.3) is 0 Å². The summed E-state index contributed by atoms with van der Waals surface area (Å²) in [6.07, 6.45) is 1.41. The molecule has 3 nitrogen and oxygen atoms in total. The summed E-state index contributed by atoms with van der Waals surface area (Å²) in [6.45, 7) is 8.11. The van der Waals surface area contributed by atoms with Gasteiger partial charge in [-0.05, 0) is 19.5 Å². The molecular formula is C9H20N2O. The first-order valence-electron chi connectivity index (χ1n) is 4.89. The van der Waals surface area contributed by atoms with E-state index in [9.17, 15) is 0 Å². The van der Waals surface area contributed by atoms with E-state index in [2.05, 4.69) is 18.7 Å². The minimum absolute atomic E-state index is 0.268. The van der Waals surface area contributed by atoms with Crippen LogP contribution >= 0.6 is 0 Å². The molecule has 2 atom stereocenters. The van der Waals surface area contributed by atoms with Crippen LogP contribution < -0.4 is 5.73 Å². The van der Waals surface area contributed by atoms with Crippen molar-refractivity contribution in [2.24, 2.45) is 5.73 Å². The van der Waals surface area contributed by atoms with E-state index in [1.54, 1.807) is 0 Å². The summed E-state index contributed by atoms with van der Waals surface area (Å²) >= 11 is 0. The number of nitrogens with zero attached hydrogens (tertiary/aromatic N) is 1. The lowest BCUT2D eigenvalue weighted by Gasteiger charge is -2.29. The Hall–Kier alpha value is -0.120. The van der Waals surface area contributed by atoms with Crippen molar-refractivity contribution in [1.82, 2.24) is 4.90 Å². The molecule has 0 bridgehead atoms. The van der Waals surface area contributed by atoms with Crippen LogP contribution in [-0.4, -0.2) is 43.3 Å². The maximum Gasteiger partial charge on any atom is 0.0852 e. The van der Waals surface area contributed by atoms with Crippen molar-refractivity contribution in [3.05, 3.63) is 0 Å². The van der Waals surface area contributed by atoms with Crippen LogP contribution in [-0.2, 0) is 4.74 Å². The van der Waals surface area contributed by atoms with Gasteiger partial charge in [0.25, 0.3) is 0 Å². The van der Waals surface area contributed by atoms with E-state index in [1.165, 1.54) is 0 Å². The van der Waals surface area contributed by atoms with Gasteiger partial charge in [0.2, 0.25) is 0 Å². The number of ether oxygens (including phenoxy) is 1. The number of rotatable bonds is 4. The second kappa shape index (κ2) is 4.80. The summed E-state index contributed by atoms with van der Waals surface area (Å²) in [4.78, 5) is 2.44. The van der Waals surface area contributed by atoms with Gasteiger partial charge < -0.3 is 10.5 Å². The Morgan fingerprint density at radius 3 is 2.58 bits per heavy atom. The Bertz CT molecular complexity index is 126. The fraction of sp³-hybridized carbons (Fsp3) is 1.00. The average molecular weight is 172 g/mol. The average Bonchev–Trinajstić information content (AvgIpc) is 2.55. The first-order chi connectivity index (χ1) is 5.83. The molecule has 1 aliphatic rings. The van der Waals surface area contributed by atoms with Gasteiger partial charge in [-0.25, -0.2) is 0 Å². The SMILES string of the molecule is CCN(CC)[C@@H]1CCO[C@@H]1CN. The second-order valence-corrected chi connectivity index (χ2v) is 3.22. The Labute approximate surface area is 74.9 Å². The van der Waals surface area contributed by atoms with Gasteiger partial charge >= 0.3 is 0 Å². The highest BCUT2D eigenvalue weighted by Gasteiger charge is 2.30. The smallest absolute Gasteiger partial charge is 0.0852 e. The largest absolute Gasteiger partial charge is 0.375 e. The lowest BCUT2D eigenvalue weighted by molar-refractivity contribution is 0.0708. The van der Waals surface area contributed by atoms with Crippen LogP contribution in [0.1, 0.15) is 20.3 Å². The van der Waals surface area contributed by atoms with Gasteiger partial charge in [-0.1, -0.05) is 13.8 Å². The fourth-order valence-corrected chi connectivity index (χ4v) is 1.97. The predicted octanol–water partition coefficient (Wildman–Crippen LogP) is 0.444. The molecule has 2 N–H and O–H groups in total. The van der Waals surface area contributed by atoms with E-state index in [-0.39, 0.29) is 6.10 Å². The molecule has 1 rings (SSSR count). The Kier molecular flexibility index (Phi) is 3.98. The summed E-state index contributed by atoms with van der Waals surface area (Å²) in [7, 11) is 0. The van der Waals surface area contributed by atoms with E-state index in [0.717, 1.165) is 26.1 Å². The van der Waals surface area contributed by atoms with Crippen LogP contribution in [0, 0.1) is 0 Å². The van der Waals surface area contributed by atoms with E-state index in [0.29, 0.717) is 12.6 Å². The van der Waals surface area contributed by atoms with Crippen molar-refractivity contribution in [3.8, 4) is 0 Å². The van der Waals surface area contributed by atoms with Crippen LogP contribution in [0.4, 0.5) is 0 Å². The summed E-state index contributed by atoms with van der Waals surface area (Å²) < 4.78 is 5.53. The zero-order valence-electron chi connectivity index (χ0n) is 8.12. The monoisotopic (exact) mass is 172 g/mol. The van der Waals surface area contributed by atoms with E-state index in [1.807, 2.05) is 0 Å². The highest BCUT2D eigenvalue weighted by molar-refractivity contribution is 4.84. The molecule has 0 aromatic carbocycles. The van der Waals surface area contributed by atoms with Gasteiger partial charge in [-0.2, -0.15) is 0 Å². The third-order valence-corrected chi connectivity index (χ3v) is 2.69. The lowest BCUT2D eigenvalue weighted by atomic mass is 10.1. The molecule has 0 radical (unpaired) electrons. The maximum absolute atomic E-state index is 5.62. The number of nitrogens with two attached hydrogens (primary N) is 1. The number of likely N-dealkylation sites (N-methyl/N-ethyl adjacent to an activating group) is 1. The molecule has 0 aromatic rings. The van der Waals surface area contributed by atoms with Crippen LogP contribution in [0.2, 0.25) is 0 Å². The van der Waals surface area contributed by atoms with Crippen molar-refractivity contribution in [2.45, 2.75) is 32.4 Å². The van der Waals surface area contributed by atoms with E-state index in [4.69, 9.17) is 10.5 Å². The molecular weight excluding hydrogens is 152 g/mol. The molecule has 0 unspecified atom stereocenters. The topological polar surface area (TPSA) is 38.5 Å². The molecule has 72 valence electrons. The predicted molar refractivity (Wildman–Crippen MR) is 50.1 cm³/mol. The molecule has 0 spiro atoms. The Balaban J connectivity index is 2.47. The van der Waals surface area contributed by atoms with Crippen LogP contribution in [0.15, 0.2) is 0 Å². The zero-order valence-corrected chi connectivity index (χ0v) is 8.12. The van der Waals surface area contributed by atoms with Crippen molar-refractivity contribution >= 4 is 0 Å². The van der Waals surface area contributed by atoms with Gasteiger partial charge in [0, 0.05) is 19.2 Å². The standard InChI is InChI=1S/C9H20N2O/c1-3-11(4-2)8-5-6-12-9(8)7-10/h8-9H,3-7,10H2,1-2H3/t8-,9-/m1/s1. The Morgan fingerprint density at radius 1 is 1.42 bits per heavy atom. The van der Waals surface area contributed by atoms with Gasteiger partial charge in [-0.15, -0.1) is 0 Å². The molecule has 0 amide bonds. The van der Waals surface area contributed by atoms with Crippen molar-refractivity contribution in [1.29, 1.82) is 0 Å². The highest BCUT2D eigenvalue weighted by Crippen LogP contribution is 2.18.